The first kappa shape index (κ1) is 23.6. The highest BCUT2D eigenvalue weighted by Gasteiger charge is 2.41. The van der Waals surface area contributed by atoms with Gasteiger partial charge in [0.25, 0.3) is 0 Å². The fraction of sp³-hybridized carbons (Fsp3) is 0.226. The van der Waals surface area contributed by atoms with Gasteiger partial charge in [-0.05, 0) is 58.5 Å². The van der Waals surface area contributed by atoms with Crippen LogP contribution in [0.15, 0.2) is 93.9 Å². The van der Waals surface area contributed by atoms with Crippen molar-refractivity contribution in [2.75, 3.05) is 16.4 Å². The molecule has 0 saturated heterocycles. The van der Waals surface area contributed by atoms with Gasteiger partial charge in [0.15, 0.2) is 10.9 Å². The molecule has 1 unspecified atom stereocenters. The molecule has 1 aliphatic carbocycles. The molecule has 1 aliphatic heterocycles. The van der Waals surface area contributed by atoms with Gasteiger partial charge in [0.05, 0.1) is 5.75 Å². The van der Waals surface area contributed by atoms with E-state index in [9.17, 15) is 9.59 Å². The van der Waals surface area contributed by atoms with Crippen LogP contribution in [0.1, 0.15) is 44.1 Å². The molecular formula is C31H28N2O3S. The van der Waals surface area contributed by atoms with E-state index in [0.29, 0.717) is 17.3 Å². The Hall–Kier alpha value is -3.77. The molecule has 1 aromatic heterocycles. The maximum absolute atomic E-state index is 13.6. The van der Waals surface area contributed by atoms with Crippen LogP contribution in [0.4, 0.5) is 11.4 Å². The summed E-state index contributed by atoms with van der Waals surface area (Å²) in [6.45, 7) is 4.33. The predicted molar refractivity (Wildman–Crippen MR) is 150 cm³/mol. The van der Waals surface area contributed by atoms with Gasteiger partial charge < -0.3 is 15.1 Å². The molecule has 0 bridgehead atoms. The molecule has 1 atom stereocenters. The number of thioether (sulfide) groups is 1. The summed E-state index contributed by atoms with van der Waals surface area (Å²) >= 11 is 1.34. The van der Waals surface area contributed by atoms with Crippen molar-refractivity contribution in [1.82, 2.24) is 0 Å². The number of carbonyl (C=O) groups excluding carboxylic acids is 2. The van der Waals surface area contributed by atoms with Crippen molar-refractivity contribution in [3.05, 3.63) is 95.8 Å². The van der Waals surface area contributed by atoms with Crippen molar-refractivity contribution in [3.63, 3.8) is 0 Å². The molecule has 4 aromatic rings. The molecule has 1 amide bonds. The lowest BCUT2D eigenvalue weighted by Gasteiger charge is -2.39. The molecular weight excluding hydrogens is 480 g/mol. The number of rotatable bonds is 5. The molecule has 37 heavy (non-hydrogen) atoms. The van der Waals surface area contributed by atoms with Gasteiger partial charge in [0, 0.05) is 28.9 Å². The number of hydrogen-bond acceptors (Lipinski definition) is 5. The van der Waals surface area contributed by atoms with Crippen molar-refractivity contribution < 1.29 is 14.0 Å². The molecule has 3 aromatic carbocycles. The van der Waals surface area contributed by atoms with Crippen molar-refractivity contribution in [2.24, 2.45) is 5.41 Å². The van der Waals surface area contributed by atoms with E-state index in [1.54, 1.807) is 0 Å². The number of fused-ring (bicyclic) bond motifs is 4. The van der Waals surface area contributed by atoms with Crippen LogP contribution >= 0.6 is 11.8 Å². The van der Waals surface area contributed by atoms with Crippen molar-refractivity contribution >= 4 is 51.2 Å². The Morgan fingerprint density at radius 1 is 1.00 bits per heavy atom. The highest BCUT2D eigenvalue weighted by Crippen LogP contribution is 2.52. The van der Waals surface area contributed by atoms with Crippen LogP contribution < -0.4 is 10.6 Å². The van der Waals surface area contributed by atoms with E-state index in [1.807, 2.05) is 48.5 Å². The third-order valence-corrected chi connectivity index (χ3v) is 7.94. The van der Waals surface area contributed by atoms with Crippen molar-refractivity contribution in [3.8, 4) is 0 Å². The Balaban J connectivity index is 1.31. The molecule has 2 heterocycles. The van der Waals surface area contributed by atoms with Crippen LogP contribution in [-0.4, -0.2) is 17.4 Å². The summed E-state index contributed by atoms with van der Waals surface area (Å²) in [5.74, 6) is 0.983. The molecule has 0 spiro atoms. The van der Waals surface area contributed by atoms with Crippen LogP contribution in [0, 0.1) is 5.41 Å². The maximum Gasteiger partial charge on any atom is 0.234 e. The van der Waals surface area contributed by atoms with Crippen LogP contribution in [0.2, 0.25) is 0 Å². The Bertz CT molecular complexity index is 1550. The summed E-state index contributed by atoms with van der Waals surface area (Å²) in [6.07, 6.45) is 1.33. The number of nitrogens with one attached hydrogen (secondary N) is 2. The number of furan rings is 1. The van der Waals surface area contributed by atoms with Crippen molar-refractivity contribution in [1.29, 1.82) is 0 Å². The average molecular weight is 509 g/mol. The van der Waals surface area contributed by atoms with E-state index in [1.165, 1.54) is 11.8 Å². The Morgan fingerprint density at radius 2 is 1.78 bits per heavy atom. The largest absolute Gasteiger partial charge is 0.452 e. The lowest BCUT2D eigenvalue weighted by Crippen LogP contribution is -2.33. The van der Waals surface area contributed by atoms with Crippen LogP contribution in [0.3, 0.4) is 0 Å². The fourth-order valence-corrected chi connectivity index (χ4v) is 6.14. The molecule has 0 fully saturated rings. The monoisotopic (exact) mass is 508 g/mol. The number of allylic oxidation sites excluding steroid dienone is 1. The van der Waals surface area contributed by atoms with Crippen LogP contribution in [-0.2, 0) is 9.59 Å². The lowest BCUT2D eigenvalue weighted by atomic mass is 9.68. The Morgan fingerprint density at radius 3 is 2.62 bits per heavy atom. The highest BCUT2D eigenvalue weighted by molar-refractivity contribution is 7.99. The molecule has 186 valence electrons. The van der Waals surface area contributed by atoms with E-state index in [0.717, 1.165) is 45.3 Å². The summed E-state index contributed by atoms with van der Waals surface area (Å²) in [5.41, 5.74) is 4.72. The SMILES string of the molecule is CC1(C)CC(=O)C2=C(C1)c1c(ccc3ccccc13)NC2c1ccc(SCC(=O)Nc2ccccc2)o1. The smallest absolute Gasteiger partial charge is 0.234 e. The number of carbonyl (C=O) groups is 2. The normalized spacial score (nSPS) is 18.2. The summed E-state index contributed by atoms with van der Waals surface area (Å²) in [4.78, 5) is 26.0. The van der Waals surface area contributed by atoms with Gasteiger partial charge in [-0.3, -0.25) is 9.59 Å². The Kier molecular flexibility index (Phi) is 5.92. The minimum Gasteiger partial charge on any atom is -0.452 e. The van der Waals surface area contributed by atoms with Gasteiger partial charge in [0.1, 0.15) is 11.8 Å². The number of hydrogen-bond donors (Lipinski definition) is 2. The van der Waals surface area contributed by atoms with Gasteiger partial charge in [0.2, 0.25) is 5.91 Å². The van der Waals surface area contributed by atoms with Crippen molar-refractivity contribution in [2.45, 2.75) is 37.8 Å². The van der Waals surface area contributed by atoms with E-state index in [4.69, 9.17) is 4.42 Å². The van der Waals surface area contributed by atoms with Gasteiger partial charge in [-0.1, -0.05) is 74.1 Å². The summed E-state index contributed by atoms with van der Waals surface area (Å²) in [6, 6.07) is 25.4. The summed E-state index contributed by atoms with van der Waals surface area (Å²) < 4.78 is 6.21. The van der Waals surface area contributed by atoms with Crippen LogP contribution in [0.5, 0.6) is 0 Å². The van der Waals surface area contributed by atoms with E-state index in [-0.39, 0.29) is 28.9 Å². The van der Waals surface area contributed by atoms with Crippen LogP contribution in [0.25, 0.3) is 16.3 Å². The van der Waals surface area contributed by atoms with Gasteiger partial charge >= 0.3 is 0 Å². The predicted octanol–water partition coefficient (Wildman–Crippen LogP) is 7.47. The first-order chi connectivity index (χ1) is 17.9. The zero-order valence-electron chi connectivity index (χ0n) is 20.8. The zero-order valence-corrected chi connectivity index (χ0v) is 21.7. The molecule has 2 aliphatic rings. The molecule has 0 radical (unpaired) electrons. The first-order valence-electron chi connectivity index (χ1n) is 12.5. The topological polar surface area (TPSA) is 71.3 Å². The Labute approximate surface area is 220 Å². The quantitative estimate of drug-likeness (QED) is 0.274. The summed E-state index contributed by atoms with van der Waals surface area (Å²) in [7, 11) is 0. The number of amides is 1. The minimum atomic E-state index is -0.361. The number of ketones is 1. The lowest BCUT2D eigenvalue weighted by molar-refractivity contribution is -0.118. The number of Topliss-reactive ketones (excluding diaryl/α,β-unsaturated/α-hetero) is 1. The van der Waals surface area contributed by atoms with Gasteiger partial charge in [-0.15, -0.1) is 0 Å². The molecule has 6 rings (SSSR count). The highest BCUT2D eigenvalue weighted by atomic mass is 32.2. The second-order valence-electron chi connectivity index (χ2n) is 10.5. The second-order valence-corrected chi connectivity index (χ2v) is 11.5. The third-order valence-electron chi connectivity index (χ3n) is 7.03. The molecule has 5 nitrogen and oxygen atoms in total. The zero-order chi connectivity index (χ0) is 25.6. The first-order valence-corrected chi connectivity index (χ1v) is 13.5. The van der Waals surface area contributed by atoms with E-state index < -0.39 is 0 Å². The van der Waals surface area contributed by atoms with E-state index >= 15 is 0 Å². The van der Waals surface area contributed by atoms with Gasteiger partial charge in [-0.2, -0.15) is 0 Å². The second kappa shape index (κ2) is 9.27. The maximum atomic E-state index is 13.6. The molecule has 6 heteroatoms. The molecule has 0 saturated carbocycles. The fourth-order valence-electron chi connectivity index (χ4n) is 5.47. The average Bonchev–Trinajstić information content (AvgIpc) is 3.35. The minimum absolute atomic E-state index is 0.0968. The number of anilines is 2. The van der Waals surface area contributed by atoms with Gasteiger partial charge in [-0.25, -0.2) is 0 Å². The summed E-state index contributed by atoms with van der Waals surface area (Å²) in [5, 5.41) is 9.47. The molecule has 2 N–H and O–H groups in total. The standard InChI is InChI=1S/C31H28N2O3S/c1-31(2)16-22-28-21-11-7-6-8-19(21)12-13-23(28)33-30(29(22)24(34)17-31)25-14-15-27(36-25)37-18-26(35)32-20-9-4-3-5-10-20/h3-15,30,33H,16-18H2,1-2H3,(H,32,35). The number of benzene rings is 3. The van der Waals surface area contributed by atoms with E-state index in [2.05, 4.69) is 54.8 Å². The third kappa shape index (κ3) is 4.58. The number of para-hydroxylation sites is 1.